The molecule has 0 radical (unpaired) electrons. The second kappa shape index (κ2) is 6.51. The van der Waals surface area contributed by atoms with E-state index in [2.05, 4.69) is 29.2 Å². The Morgan fingerprint density at radius 1 is 0.800 bits per heavy atom. The van der Waals surface area contributed by atoms with E-state index in [-0.39, 0.29) is 4.76 Å². The SMILES string of the molecule is CO[N+]1(c2ccccc2)CN(c2ccccc2)C(c2ccccc2)=N1. The predicted octanol–water partition coefficient (Wildman–Crippen LogP) is 4.39. The van der Waals surface area contributed by atoms with Crippen LogP contribution in [0.2, 0.25) is 0 Å². The van der Waals surface area contributed by atoms with Crippen molar-refractivity contribution < 1.29 is 4.84 Å². The molecule has 0 aliphatic carbocycles. The molecular weight excluding hydrogens is 310 g/mol. The molecule has 3 aromatic rings. The van der Waals surface area contributed by atoms with Crippen LogP contribution in [-0.4, -0.2) is 19.6 Å². The standard InChI is InChI=1S/C21H20N3O/c1-25-24(20-15-9-4-10-16-20)17-23(19-13-7-3-8-14-19)21(22-24)18-11-5-2-6-12-18/h2-16H,17H2,1H3/q+1. The summed E-state index contributed by atoms with van der Waals surface area (Å²) >= 11 is 0. The van der Waals surface area contributed by atoms with E-state index in [1.807, 2.05) is 66.7 Å². The van der Waals surface area contributed by atoms with Crippen LogP contribution in [0.1, 0.15) is 5.56 Å². The molecule has 4 heteroatoms. The maximum absolute atomic E-state index is 5.90. The number of hydroxylamine groups is 1. The van der Waals surface area contributed by atoms with E-state index in [1.165, 1.54) is 0 Å². The van der Waals surface area contributed by atoms with Crippen LogP contribution < -0.4 is 9.66 Å². The Hall–Kier alpha value is -2.95. The van der Waals surface area contributed by atoms with Gasteiger partial charge in [-0.05, 0) is 22.0 Å². The molecule has 0 fully saturated rings. The van der Waals surface area contributed by atoms with Gasteiger partial charge in [0.2, 0.25) is 12.5 Å². The van der Waals surface area contributed by atoms with E-state index in [0.29, 0.717) is 6.67 Å². The quantitative estimate of drug-likeness (QED) is 0.663. The average Bonchev–Trinajstić information content (AvgIpc) is 3.11. The highest BCUT2D eigenvalue weighted by atomic mass is 16.7. The molecule has 124 valence electrons. The minimum atomic E-state index is 0.0833. The Morgan fingerprint density at radius 2 is 1.36 bits per heavy atom. The van der Waals surface area contributed by atoms with Crippen LogP contribution in [0.3, 0.4) is 0 Å². The summed E-state index contributed by atoms with van der Waals surface area (Å²) in [6, 6.07) is 30.7. The summed E-state index contributed by atoms with van der Waals surface area (Å²) in [6.45, 7) is 0.578. The number of anilines is 1. The summed E-state index contributed by atoms with van der Waals surface area (Å²) in [4.78, 5) is 8.10. The number of nitrogens with zero attached hydrogens (tertiary/aromatic N) is 3. The van der Waals surface area contributed by atoms with Crippen molar-refractivity contribution in [1.29, 1.82) is 0 Å². The zero-order valence-corrected chi connectivity index (χ0v) is 14.1. The van der Waals surface area contributed by atoms with Gasteiger partial charge in [-0.3, -0.25) is 4.90 Å². The Labute approximate surface area is 147 Å². The van der Waals surface area contributed by atoms with Gasteiger partial charge in [-0.2, -0.15) is 4.84 Å². The van der Waals surface area contributed by atoms with Gasteiger partial charge in [-0.15, -0.1) is 0 Å². The normalized spacial score (nSPS) is 19.7. The van der Waals surface area contributed by atoms with Crippen LogP contribution >= 0.6 is 0 Å². The molecule has 4 rings (SSSR count). The predicted molar refractivity (Wildman–Crippen MR) is 102 cm³/mol. The van der Waals surface area contributed by atoms with Gasteiger partial charge in [0.15, 0.2) is 5.69 Å². The fourth-order valence-electron chi connectivity index (χ4n) is 3.11. The number of hydrogen-bond donors (Lipinski definition) is 0. The first-order valence-corrected chi connectivity index (χ1v) is 8.30. The number of hydrogen-bond acceptors (Lipinski definition) is 3. The third kappa shape index (κ3) is 2.82. The topological polar surface area (TPSA) is 24.8 Å². The molecule has 1 atom stereocenters. The lowest BCUT2D eigenvalue weighted by Gasteiger charge is -2.25. The summed E-state index contributed by atoms with van der Waals surface area (Å²) in [5, 5.41) is 4.99. The van der Waals surface area contributed by atoms with Gasteiger partial charge in [0.25, 0.3) is 0 Å². The van der Waals surface area contributed by atoms with E-state index in [0.717, 1.165) is 22.8 Å². The summed E-state index contributed by atoms with van der Waals surface area (Å²) in [5.74, 6) is 0.900. The molecule has 1 heterocycles. The van der Waals surface area contributed by atoms with E-state index in [9.17, 15) is 0 Å². The van der Waals surface area contributed by atoms with E-state index in [1.54, 1.807) is 7.11 Å². The highest BCUT2D eigenvalue weighted by Gasteiger charge is 2.44. The third-order valence-corrected chi connectivity index (χ3v) is 4.41. The first kappa shape index (κ1) is 15.6. The Morgan fingerprint density at radius 3 is 1.96 bits per heavy atom. The second-order valence-corrected chi connectivity index (χ2v) is 5.91. The Kier molecular flexibility index (Phi) is 4.06. The largest absolute Gasteiger partial charge is 0.268 e. The highest BCUT2D eigenvalue weighted by Crippen LogP contribution is 2.33. The molecule has 1 aliphatic heterocycles. The summed E-state index contributed by atoms with van der Waals surface area (Å²) in [5.41, 5.74) is 3.16. The smallest absolute Gasteiger partial charge is 0.222 e. The fraction of sp³-hybridized carbons (Fsp3) is 0.0952. The van der Waals surface area contributed by atoms with Crippen molar-refractivity contribution in [3.05, 3.63) is 96.6 Å². The summed E-state index contributed by atoms with van der Waals surface area (Å²) < 4.78 is 0.0833. The van der Waals surface area contributed by atoms with Crippen molar-refractivity contribution in [2.75, 3.05) is 18.7 Å². The van der Waals surface area contributed by atoms with Gasteiger partial charge >= 0.3 is 0 Å². The summed E-state index contributed by atoms with van der Waals surface area (Å²) in [6.07, 6.45) is 0. The van der Waals surface area contributed by atoms with Crippen molar-refractivity contribution in [1.82, 2.24) is 4.76 Å². The van der Waals surface area contributed by atoms with Crippen LogP contribution in [0, 0.1) is 0 Å². The number of amidine groups is 1. The molecule has 0 aromatic heterocycles. The monoisotopic (exact) mass is 330 g/mol. The number of rotatable bonds is 4. The average molecular weight is 330 g/mol. The minimum absolute atomic E-state index is 0.0833. The minimum Gasteiger partial charge on any atom is -0.268 e. The first-order chi connectivity index (χ1) is 12.3. The second-order valence-electron chi connectivity index (χ2n) is 5.91. The van der Waals surface area contributed by atoms with Gasteiger partial charge in [-0.1, -0.05) is 66.7 Å². The maximum Gasteiger partial charge on any atom is 0.222 e. The number of quaternary nitrogens is 1. The maximum atomic E-state index is 5.90. The Balaban J connectivity index is 1.85. The molecular formula is C21H20N3O+. The summed E-state index contributed by atoms with van der Waals surface area (Å²) in [7, 11) is 1.70. The van der Waals surface area contributed by atoms with E-state index in [4.69, 9.17) is 9.94 Å². The van der Waals surface area contributed by atoms with Crippen LogP contribution in [0.15, 0.2) is 96.1 Å². The Bertz CT molecular complexity index is 865. The highest BCUT2D eigenvalue weighted by molar-refractivity contribution is 6.11. The number of para-hydroxylation sites is 2. The molecule has 0 N–H and O–H groups in total. The third-order valence-electron chi connectivity index (χ3n) is 4.41. The van der Waals surface area contributed by atoms with Crippen LogP contribution in [0.25, 0.3) is 0 Å². The first-order valence-electron chi connectivity index (χ1n) is 8.30. The zero-order chi connectivity index (χ0) is 17.1. The van der Waals surface area contributed by atoms with Crippen LogP contribution in [0.4, 0.5) is 11.4 Å². The molecule has 4 nitrogen and oxygen atoms in total. The number of benzene rings is 3. The van der Waals surface area contributed by atoms with Crippen molar-refractivity contribution >= 4 is 17.2 Å². The van der Waals surface area contributed by atoms with Crippen LogP contribution in [-0.2, 0) is 4.84 Å². The lowest BCUT2D eigenvalue weighted by Crippen LogP contribution is -2.45. The molecule has 0 saturated heterocycles. The van der Waals surface area contributed by atoms with Crippen molar-refractivity contribution in [2.24, 2.45) is 5.10 Å². The zero-order valence-electron chi connectivity index (χ0n) is 14.1. The van der Waals surface area contributed by atoms with Gasteiger partial charge in [-0.25, -0.2) is 0 Å². The molecule has 25 heavy (non-hydrogen) atoms. The lowest BCUT2D eigenvalue weighted by atomic mass is 10.2. The van der Waals surface area contributed by atoms with E-state index >= 15 is 0 Å². The molecule has 1 unspecified atom stereocenters. The molecule has 0 bridgehead atoms. The lowest BCUT2D eigenvalue weighted by molar-refractivity contribution is -0.110. The van der Waals surface area contributed by atoms with Crippen molar-refractivity contribution in [2.45, 2.75) is 0 Å². The van der Waals surface area contributed by atoms with E-state index < -0.39 is 0 Å². The fourth-order valence-corrected chi connectivity index (χ4v) is 3.11. The van der Waals surface area contributed by atoms with Gasteiger partial charge in [0.05, 0.1) is 7.11 Å². The van der Waals surface area contributed by atoms with Gasteiger partial charge < -0.3 is 0 Å². The molecule has 3 aromatic carbocycles. The molecule has 0 spiro atoms. The molecule has 1 aliphatic rings. The van der Waals surface area contributed by atoms with Gasteiger partial charge in [0, 0.05) is 23.4 Å². The molecule has 0 amide bonds. The molecule has 0 saturated carbocycles. The van der Waals surface area contributed by atoms with Crippen molar-refractivity contribution in [3.8, 4) is 0 Å². The van der Waals surface area contributed by atoms with Crippen LogP contribution in [0.5, 0.6) is 0 Å². The van der Waals surface area contributed by atoms with Gasteiger partial charge in [0.1, 0.15) is 0 Å². The van der Waals surface area contributed by atoms with Crippen molar-refractivity contribution in [3.63, 3.8) is 0 Å².